The fourth-order valence-electron chi connectivity index (χ4n) is 1.53. The molecule has 2 aromatic rings. The molecular formula is C12H12ClN3. The third-order valence-corrected chi connectivity index (χ3v) is 2.54. The van der Waals surface area contributed by atoms with Crippen LogP contribution in [0, 0.1) is 6.92 Å². The fourth-order valence-corrected chi connectivity index (χ4v) is 1.72. The molecule has 0 aliphatic heterocycles. The zero-order valence-corrected chi connectivity index (χ0v) is 9.70. The number of benzene rings is 1. The van der Waals surface area contributed by atoms with E-state index in [4.69, 9.17) is 17.3 Å². The average molecular weight is 234 g/mol. The third-order valence-electron chi connectivity index (χ3n) is 2.30. The second-order valence-electron chi connectivity index (χ2n) is 3.51. The van der Waals surface area contributed by atoms with E-state index in [-0.39, 0.29) is 0 Å². The number of halogens is 1. The average Bonchev–Trinajstić information content (AvgIpc) is 2.29. The zero-order chi connectivity index (χ0) is 11.5. The van der Waals surface area contributed by atoms with Crippen LogP contribution >= 0.6 is 11.6 Å². The maximum atomic E-state index is 5.96. The molecule has 0 saturated carbocycles. The van der Waals surface area contributed by atoms with Crippen LogP contribution in [0.4, 0.5) is 0 Å². The molecule has 4 heteroatoms. The fraction of sp³-hybridized carbons (Fsp3) is 0.167. The molecule has 1 aromatic carbocycles. The second-order valence-corrected chi connectivity index (χ2v) is 3.94. The Kier molecular flexibility index (Phi) is 3.17. The van der Waals surface area contributed by atoms with E-state index in [1.54, 1.807) is 6.20 Å². The van der Waals surface area contributed by atoms with Gasteiger partial charge in [-0.2, -0.15) is 0 Å². The lowest BCUT2D eigenvalue weighted by atomic mass is 10.1. The molecule has 0 saturated heterocycles. The van der Waals surface area contributed by atoms with Crippen molar-refractivity contribution in [1.29, 1.82) is 0 Å². The first-order valence-electron chi connectivity index (χ1n) is 4.99. The van der Waals surface area contributed by atoms with Crippen LogP contribution in [0.15, 0.2) is 30.5 Å². The van der Waals surface area contributed by atoms with Gasteiger partial charge < -0.3 is 5.73 Å². The van der Waals surface area contributed by atoms with Gasteiger partial charge in [-0.25, -0.2) is 9.97 Å². The summed E-state index contributed by atoms with van der Waals surface area (Å²) in [4.78, 5) is 8.54. The molecule has 82 valence electrons. The summed E-state index contributed by atoms with van der Waals surface area (Å²) in [6.45, 7) is 2.27. The van der Waals surface area contributed by atoms with Crippen LogP contribution in [0.3, 0.4) is 0 Å². The molecular weight excluding hydrogens is 222 g/mol. The summed E-state index contributed by atoms with van der Waals surface area (Å²) >= 11 is 5.96. The van der Waals surface area contributed by atoms with Crippen molar-refractivity contribution in [2.45, 2.75) is 13.5 Å². The Balaban J connectivity index is 2.58. The summed E-state index contributed by atoms with van der Waals surface area (Å²) in [5.74, 6) is 0.729. The molecule has 16 heavy (non-hydrogen) atoms. The van der Waals surface area contributed by atoms with E-state index in [1.807, 2.05) is 31.2 Å². The van der Waals surface area contributed by atoms with E-state index in [1.165, 1.54) is 0 Å². The van der Waals surface area contributed by atoms with Crippen LogP contribution in [0.5, 0.6) is 0 Å². The molecule has 0 aliphatic carbocycles. The third kappa shape index (κ3) is 2.21. The number of nitrogens with zero attached hydrogens (tertiary/aromatic N) is 2. The molecule has 0 atom stereocenters. The molecule has 2 N–H and O–H groups in total. The highest BCUT2D eigenvalue weighted by Crippen LogP contribution is 2.23. The van der Waals surface area contributed by atoms with Gasteiger partial charge in [-0.05, 0) is 19.1 Å². The molecule has 0 fully saturated rings. The van der Waals surface area contributed by atoms with Crippen molar-refractivity contribution in [2.24, 2.45) is 5.73 Å². The molecule has 0 bridgehead atoms. The van der Waals surface area contributed by atoms with Gasteiger partial charge in [0, 0.05) is 28.9 Å². The Labute approximate surface area is 99.3 Å². The number of rotatable bonds is 2. The normalized spacial score (nSPS) is 10.4. The number of hydrogen-bond acceptors (Lipinski definition) is 3. The minimum Gasteiger partial charge on any atom is -0.326 e. The van der Waals surface area contributed by atoms with Crippen LogP contribution in [0.1, 0.15) is 11.4 Å². The molecule has 1 aromatic heterocycles. The molecule has 1 heterocycles. The Morgan fingerprint density at radius 3 is 2.88 bits per heavy atom. The molecule has 0 unspecified atom stereocenters. The maximum absolute atomic E-state index is 5.96. The van der Waals surface area contributed by atoms with Crippen molar-refractivity contribution in [1.82, 2.24) is 9.97 Å². The highest BCUT2D eigenvalue weighted by Gasteiger charge is 2.07. The summed E-state index contributed by atoms with van der Waals surface area (Å²) in [6.07, 6.45) is 1.76. The first-order chi connectivity index (χ1) is 7.70. The highest BCUT2D eigenvalue weighted by molar-refractivity contribution is 6.30. The van der Waals surface area contributed by atoms with E-state index in [9.17, 15) is 0 Å². The summed E-state index contributed by atoms with van der Waals surface area (Å²) in [5.41, 5.74) is 8.42. The smallest absolute Gasteiger partial charge is 0.125 e. The maximum Gasteiger partial charge on any atom is 0.125 e. The molecule has 0 spiro atoms. The predicted molar refractivity (Wildman–Crippen MR) is 65.1 cm³/mol. The second kappa shape index (κ2) is 4.60. The van der Waals surface area contributed by atoms with Gasteiger partial charge in [0.1, 0.15) is 5.82 Å². The van der Waals surface area contributed by atoms with Crippen LogP contribution in [-0.2, 0) is 6.54 Å². The Morgan fingerprint density at radius 1 is 1.38 bits per heavy atom. The predicted octanol–water partition coefficient (Wildman–Crippen LogP) is 2.56. The van der Waals surface area contributed by atoms with Gasteiger partial charge in [0.15, 0.2) is 0 Å². The quantitative estimate of drug-likeness (QED) is 0.868. The lowest BCUT2D eigenvalue weighted by Crippen LogP contribution is -2.03. The molecule has 2 rings (SSSR count). The summed E-state index contributed by atoms with van der Waals surface area (Å²) in [6, 6.07) is 7.58. The van der Waals surface area contributed by atoms with Crippen LogP contribution in [0.25, 0.3) is 11.3 Å². The van der Waals surface area contributed by atoms with Crippen molar-refractivity contribution in [2.75, 3.05) is 0 Å². The van der Waals surface area contributed by atoms with Crippen molar-refractivity contribution < 1.29 is 0 Å². The van der Waals surface area contributed by atoms with E-state index in [2.05, 4.69) is 9.97 Å². The zero-order valence-electron chi connectivity index (χ0n) is 8.94. The summed E-state index contributed by atoms with van der Waals surface area (Å²) < 4.78 is 0. The van der Waals surface area contributed by atoms with Crippen molar-refractivity contribution >= 4 is 11.6 Å². The van der Waals surface area contributed by atoms with Crippen LogP contribution in [-0.4, -0.2) is 9.97 Å². The van der Waals surface area contributed by atoms with Gasteiger partial charge in [-0.15, -0.1) is 0 Å². The van der Waals surface area contributed by atoms with Gasteiger partial charge in [-0.3, -0.25) is 0 Å². The minimum atomic E-state index is 0.419. The lowest BCUT2D eigenvalue weighted by molar-refractivity contribution is 0.975. The van der Waals surface area contributed by atoms with Gasteiger partial charge >= 0.3 is 0 Å². The molecule has 0 aliphatic rings. The molecule has 0 radical (unpaired) electrons. The number of aryl methyl sites for hydroxylation is 1. The topological polar surface area (TPSA) is 51.8 Å². The molecule has 0 amide bonds. The monoisotopic (exact) mass is 233 g/mol. The standard InChI is InChI=1S/C12H12ClN3/c1-8-15-7-10(6-14)12(16-8)9-3-2-4-11(13)5-9/h2-5,7H,6,14H2,1H3. The van der Waals surface area contributed by atoms with Crippen molar-refractivity contribution in [3.8, 4) is 11.3 Å². The number of nitrogens with two attached hydrogens (primary N) is 1. The van der Waals surface area contributed by atoms with Crippen LogP contribution < -0.4 is 5.73 Å². The SMILES string of the molecule is Cc1ncc(CN)c(-c2cccc(Cl)c2)n1. The summed E-state index contributed by atoms with van der Waals surface area (Å²) in [7, 11) is 0. The van der Waals surface area contributed by atoms with E-state index in [0.29, 0.717) is 11.6 Å². The van der Waals surface area contributed by atoms with Gasteiger partial charge in [0.05, 0.1) is 5.69 Å². The summed E-state index contributed by atoms with van der Waals surface area (Å²) in [5, 5.41) is 0.691. The van der Waals surface area contributed by atoms with E-state index >= 15 is 0 Å². The highest BCUT2D eigenvalue weighted by atomic mass is 35.5. The van der Waals surface area contributed by atoms with Crippen molar-refractivity contribution in [3.05, 3.63) is 46.9 Å². The van der Waals surface area contributed by atoms with Gasteiger partial charge in [0.25, 0.3) is 0 Å². The first-order valence-corrected chi connectivity index (χ1v) is 5.37. The van der Waals surface area contributed by atoms with Gasteiger partial charge in [-0.1, -0.05) is 23.7 Å². The van der Waals surface area contributed by atoms with Crippen LogP contribution in [0.2, 0.25) is 5.02 Å². The largest absolute Gasteiger partial charge is 0.326 e. The minimum absolute atomic E-state index is 0.419. The Morgan fingerprint density at radius 2 is 2.19 bits per heavy atom. The number of hydrogen-bond donors (Lipinski definition) is 1. The van der Waals surface area contributed by atoms with Gasteiger partial charge in [0.2, 0.25) is 0 Å². The Hall–Kier alpha value is -1.45. The van der Waals surface area contributed by atoms with E-state index < -0.39 is 0 Å². The Bertz CT molecular complexity index is 511. The first kappa shape index (κ1) is 11.0. The lowest BCUT2D eigenvalue weighted by Gasteiger charge is -2.07. The molecule has 3 nitrogen and oxygen atoms in total. The number of aromatic nitrogens is 2. The van der Waals surface area contributed by atoms with Crippen molar-refractivity contribution in [3.63, 3.8) is 0 Å². The van der Waals surface area contributed by atoms with E-state index in [0.717, 1.165) is 22.6 Å².